The molecule has 0 amide bonds. The molecule has 0 aromatic carbocycles. The molecule has 0 aliphatic rings. The van der Waals surface area contributed by atoms with Gasteiger partial charge in [0.1, 0.15) is 0 Å². The van der Waals surface area contributed by atoms with E-state index in [9.17, 15) is 0 Å². The van der Waals surface area contributed by atoms with Crippen LogP contribution in [0.25, 0.3) is 0 Å². The van der Waals surface area contributed by atoms with Crippen molar-refractivity contribution in [2.45, 2.75) is 32.5 Å². The van der Waals surface area contributed by atoms with Gasteiger partial charge in [-0.1, -0.05) is 0 Å². The molecule has 0 unspecified atom stereocenters. The van der Waals surface area contributed by atoms with Gasteiger partial charge < -0.3 is 9.47 Å². The summed E-state index contributed by atoms with van der Waals surface area (Å²) in [6, 6.07) is 0. The van der Waals surface area contributed by atoms with E-state index in [0.717, 1.165) is 0 Å². The molecule has 0 aliphatic carbocycles. The van der Waals surface area contributed by atoms with Gasteiger partial charge in [-0.05, 0) is 13.8 Å². The molecule has 0 fully saturated rings. The lowest BCUT2D eigenvalue weighted by Crippen LogP contribution is -2.29. The molecule has 13 heavy (non-hydrogen) atoms. The maximum Gasteiger partial charge on any atom is 0.162 e. The van der Waals surface area contributed by atoms with Crippen LogP contribution in [0.3, 0.4) is 0 Å². The predicted octanol–water partition coefficient (Wildman–Crippen LogP) is 1.80. The van der Waals surface area contributed by atoms with E-state index < -0.39 is 5.79 Å². The molecule has 0 N–H and O–H groups in total. The lowest BCUT2D eigenvalue weighted by Gasteiger charge is -2.24. The van der Waals surface area contributed by atoms with Crippen molar-refractivity contribution < 1.29 is 9.47 Å². The molecule has 0 rings (SSSR count). The summed E-state index contributed by atoms with van der Waals surface area (Å²) >= 11 is 0. The quantitative estimate of drug-likeness (QED) is 0.352. The van der Waals surface area contributed by atoms with Crippen LogP contribution in [0.4, 0.5) is 0 Å². The highest BCUT2D eigenvalue weighted by molar-refractivity contribution is 4.84. The minimum Gasteiger partial charge on any atom is -0.350 e. The van der Waals surface area contributed by atoms with E-state index in [0.29, 0.717) is 26.1 Å². The Bertz CT molecular complexity index is 183. The third kappa shape index (κ3) is 7.40. The summed E-state index contributed by atoms with van der Waals surface area (Å²) in [6.07, 6.45) is 11.4. The maximum atomic E-state index is 5.38. The average molecular weight is 180 g/mol. The topological polar surface area (TPSA) is 18.5 Å². The second-order valence-corrected chi connectivity index (χ2v) is 3.01. The molecule has 0 heterocycles. The Morgan fingerprint density at radius 3 is 1.69 bits per heavy atom. The van der Waals surface area contributed by atoms with E-state index in [1.165, 1.54) is 0 Å². The molecule has 0 aromatic rings. The van der Waals surface area contributed by atoms with Crippen LogP contribution in [0, 0.1) is 24.7 Å². The van der Waals surface area contributed by atoms with Crippen LogP contribution in [-0.4, -0.2) is 19.0 Å². The normalized spacial score (nSPS) is 10.5. The van der Waals surface area contributed by atoms with Gasteiger partial charge >= 0.3 is 0 Å². The van der Waals surface area contributed by atoms with Crippen LogP contribution >= 0.6 is 0 Å². The first-order valence-corrected chi connectivity index (χ1v) is 4.27. The molecule has 2 heteroatoms. The molecule has 0 spiro atoms. The summed E-state index contributed by atoms with van der Waals surface area (Å²) in [5, 5.41) is 0. The number of hydrogen-bond donors (Lipinski definition) is 0. The van der Waals surface area contributed by atoms with Gasteiger partial charge in [0.25, 0.3) is 0 Å². The third-order valence-corrected chi connectivity index (χ3v) is 1.39. The zero-order valence-corrected chi connectivity index (χ0v) is 8.30. The second-order valence-electron chi connectivity index (χ2n) is 3.01. The van der Waals surface area contributed by atoms with Gasteiger partial charge in [0.05, 0.1) is 13.2 Å². The van der Waals surface area contributed by atoms with Gasteiger partial charge in [-0.25, -0.2) is 0 Å². The van der Waals surface area contributed by atoms with Crippen molar-refractivity contribution in [3.05, 3.63) is 0 Å². The zero-order chi connectivity index (χ0) is 10.2. The van der Waals surface area contributed by atoms with Crippen LogP contribution in [0.15, 0.2) is 0 Å². The minimum atomic E-state index is -0.590. The van der Waals surface area contributed by atoms with Crippen molar-refractivity contribution in [2.75, 3.05) is 13.2 Å². The largest absolute Gasteiger partial charge is 0.350 e. The number of terminal acetylenes is 2. The Balaban J connectivity index is 3.56. The molecule has 0 aliphatic heterocycles. The SMILES string of the molecule is C#CCCOC(C)(C)OCCC#C. The molecule has 2 nitrogen and oxygen atoms in total. The summed E-state index contributed by atoms with van der Waals surface area (Å²) < 4.78 is 10.8. The van der Waals surface area contributed by atoms with Crippen molar-refractivity contribution in [1.82, 2.24) is 0 Å². The van der Waals surface area contributed by atoms with Crippen molar-refractivity contribution >= 4 is 0 Å². The molecule has 72 valence electrons. The highest BCUT2D eigenvalue weighted by atomic mass is 16.7. The van der Waals surface area contributed by atoms with Gasteiger partial charge in [-0.3, -0.25) is 0 Å². The van der Waals surface area contributed by atoms with E-state index >= 15 is 0 Å². The molecule has 0 bridgehead atoms. The molecule has 0 radical (unpaired) electrons. The van der Waals surface area contributed by atoms with Gasteiger partial charge in [0.15, 0.2) is 5.79 Å². The first-order valence-electron chi connectivity index (χ1n) is 4.27. The van der Waals surface area contributed by atoms with E-state index in [4.69, 9.17) is 22.3 Å². The van der Waals surface area contributed by atoms with Gasteiger partial charge in [0, 0.05) is 12.8 Å². The molecular formula is C11H16O2. The summed E-state index contributed by atoms with van der Waals surface area (Å²) in [6.45, 7) is 4.72. The highest BCUT2D eigenvalue weighted by Gasteiger charge is 2.17. The molecule has 0 saturated carbocycles. The van der Waals surface area contributed by atoms with Crippen molar-refractivity contribution in [3.8, 4) is 24.7 Å². The van der Waals surface area contributed by atoms with Gasteiger partial charge in [0.2, 0.25) is 0 Å². The standard InChI is InChI=1S/C11H16O2/c1-5-7-9-12-11(3,4)13-10-8-6-2/h1-2H,7-10H2,3-4H3. The Kier molecular flexibility index (Phi) is 6.06. The van der Waals surface area contributed by atoms with Gasteiger partial charge in [-0.15, -0.1) is 24.7 Å². The van der Waals surface area contributed by atoms with E-state index in [-0.39, 0.29) is 0 Å². The van der Waals surface area contributed by atoms with E-state index in [1.807, 2.05) is 13.8 Å². The van der Waals surface area contributed by atoms with Crippen molar-refractivity contribution in [1.29, 1.82) is 0 Å². The van der Waals surface area contributed by atoms with Crippen molar-refractivity contribution in [2.24, 2.45) is 0 Å². The molecule has 0 atom stereocenters. The van der Waals surface area contributed by atoms with Crippen LogP contribution in [0.2, 0.25) is 0 Å². The molecule has 0 aromatic heterocycles. The molecular weight excluding hydrogens is 164 g/mol. The van der Waals surface area contributed by atoms with Crippen LogP contribution in [-0.2, 0) is 9.47 Å². The smallest absolute Gasteiger partial charge is 0.162 e. The Labute approximate surface area is 80.6 Å². The number of ether oxygens (including phenoxy) is 2. The summed E-state index contributed by atoms with van der Waals surface area (Å²) in [5.41, 5.74) is 0. The summed E-state index contributed by atoms with van der Waals surface area (Å²) in [5.74, 6) is 4.40. The average Bonchev–Trinajstić information content (AvgIpc) is 2.05. The lowest BCUT2D eigenvalue weighted by molar-refractivity contribution is -0.211. The first kappa shape index (κ1) is 12.0. The highest BCUT2D eigenvalue weighted by Crippen LogP contribution is 2.11. The molecule has 0 saturated heterocycles. The Morgan fingerprint density at radius 2 is 1.38 bits per heavy atom. The fourth-order valence-electron chi connectivity index (χ4n) is 0.753. The fraction of sp³-hybridized carbons (Fsp3) is 0.636. The number of hydrogen-bond acceptors (Lipinski definition) is 2. The third-order valence-electron chi connectivity index (χ3n) is 1.39. The number of rotatable bonds is 6. The summed E-state index contributed by atoms with van der Waals surface area (Å²) in [4.78, 5) is 0. The van der Waals surface area contributed by atoms with Gasteiger partial charge in [-0.2, -0.15) is 0 Å². The van der Waals surface area contributed by atoms with Crippen molar-refractivity contribution in [3.63, 3.8) is 0 Å². The minimum absolute atomic E-state index is 0.513. The Hall–Kier alpha value is -0.960. The van der Waals surface area contributed by atoms with E-state index in [1.54, 1.807) is 0 Å². The Morgan fingerprint density at radius 1 is 1.00 bits per heavy atom. The van der Waals surface area contributed by atoms with Crippen LogP contribution in [0.5, 0.6) is 0 Å². The lowest BCUT2D eigenvalue weighted by atomic mass is 10.3. The van der Waals surface area contributed by atoms with Crippen LogP contribution < -0.4 is 0 Å². The maximum absolute atomic E-state index is 5.38. The second kappa shape index (κ2) is 6.54. The monoisotopic (exact) mass is 180 g/mol. The van der Waals surface area contributed by atoms with E-state index in [2.05, 4.69) is 11.8 Å². The fourth-order valence-corrected chi connectivity index (χ4v) is 0.753. The first-order chi connectivity index (χ1) is 6.12. The summed E-state index contributed by atoms with van der Waals surface area (Å²) in [7, 11) is 0. The zero-order valence-electron chi connectivity index (χ0n) is 8.30. The van der Waals surface area contributed by atoms with Crippen LogP contribution in [0.1, 0.15) is 26.7 Å². The predicted molar refractivity (Wildman–Crippen MR) is 52.9 cm³/mol.